The van der Waals surface area contributed by atoms with Crippen molar-refractivity contribution < 1.29 is 23.8 Å². The van der Waals surface area contributed by atoms with Gasteiger partial charge in [0.25, 0.3) is 0 Å². The number of hydrogen-bond acceptors (Lipinski definition) is 4. The number of carbonyl (C=O) groups is 1. The molecular weight excluding hydrogens is 235 g/mol. The Labute approximate surface area is 96.6 Å². The van der Waals surface area contributed by atoms with E-state index in [9.17, 15) is 9.18 Å². The van der Waals surface area contributed by atoms with Gasteiger partial charge in [0.15, 0.2) is 0 Å². The number of alkyl halides is 1. The number of thiocarbonyl (C=S) groups is 1. The van der Waals surface area contributed by atoms with E-state index in [-0.39, 0.29) is 10.8 Å². The minimum atomic E-state index is -2.04. The second-order valence-electron chi connectivity index (χ2n) is 2.83. The number of ether oxygens (including phenoxy) is 2. The van der Waals surface area contributed by atoms with Crippen LogP contribution in [0.1, 0.15) is 11.7 Å². The topological polar surface area (TPSA) is 55.8 Å². The summed E-state index contributed by atoms with van der Waals surface area (Å²) in [6.45, 7) is 0. The van der Waals surface area contributed by atoms with E-state index < -0.39 is 12.1 Å². The van der Waals surface area contributed by atoms with Gasteiger partial charge in [-0.2, -0.15) is 0 Å². The standard InChI is InChI=1S/C10H9FO4S/c1-14-10(16)15-7-4-2-6(3-5-7)8(11)9(12)13/h2-5,8H,1H3,(H,12,13). The van der Waals surface area contributed by atoms with Gasteiger partial charge in [0, 0.05) is 12.2 Å². The minimum absolute atomic E-state index is 0.0446. The summed E-state index contributed by atoms with van der Waals surface area (Å²) in [6.07, 6.45) is -2.04. The van der Waals surface area contributed by atoms with Crippen LogP contribution in [-0.4, -0.2) is 23.4 Å². The molecule has 6 heteroatoms. The van der Waals surface area contributed by atoms with Crippen LogP contribution in [0.2, 0.25) is 0 Å². The monoisotopic (exact) mass is 244 g/mol. The van der Waals surface area contributed by atoms with Gasteiger partial charge >= 0.3 is 11.2 Å². The highest BCUT2D eigenvalue weighted by atomic mass is 32.1. The Morgan fingerprint density at radius 3 is 2.44 bits per heavy atom. The number of aliphatic carboxylic acids is 1. The summed E-state index contributed by atoms with van der Waals surface area (Å²) in [5.41, 5.74) is 0.0446. The predicted molar refractivity (Wildman–Crippen MR) is 58.2 cm³/mol. The highest BCUT2D eigenvalue weighted by Crippen LogP contribution is 2.21. The van der Waals surface area contributed by atoms with Crippen LogP contribution in [0.5, 0.6) is 5.75 Å². The lowest BCUT2D eigenvalue weighted by Crippen LogP contribution is -2.08. The van der Waals surface area contributed by atoms with Gasteiger partial charge in [0.2, 0.25) is 6.17 Å². The number of halogens is 1. The molecule has 0 spiro atoms. The van der Waals surface area contributed by atoms with E-state index in [0.717, 1.165) is 0 Å². The van der Waals surface area contributed by atoms with Gasteiger partial charge in [-0.3, -0.25) is 0 Å². The summed E-state index contributed by atoms with van der Waals surface area (Å²) in [4.78, 5) is 10.4. The minimum Gasteiger partial charge on any atom is -0.479 e. The first-order valence-corrected chi connectivity index (χ1v) is 4.68. The molecule has 0 saturated heterocycles. The maximum Gasteiger partial charge on any atom is 0.357 e. The second kappa shape index (κ2) is 5.41. The molecule has 1 aromatic rings. The molecule has 1 aromatic carbocycles. The van der Waals surface area contributed by atoms with Crippen molar-refractivity contribution in [2.24, 2.45) is 0 Å². The number of methoxy groups -OCH3 is 1. The average molecular weight is 244 g/mol. The number of carboxylic acids is 1. The zero-order valence-electron chi connectivity index (χ0n) is 8.34. The SMILES string of the molecule is COC(=S)Oc1ccc(C(F)C(=O)O)cc1. The van der Waals surface area contributed by atoms with Gasteiger partial charge in [0.05, 0.1) is 7.11 Å². The van der Waals surface area contributed by atoms with Gasteiger partial charge in [-0.1, -0.05) is 12.1 Å². The number of carboxylic acid groups (broad SMARTS) is 1. The number of hydrogen-bond donors (Lipinski definition) is 1. The van der Waals surface area contributed by atoms with Crippen molar-refractivity contribution in [2.45, 2.75) is 6.17 Å². The smallest absolute Gasteiger partial charge is 0.357 e. The van der Waals surface area contributed by atoms with Crippen molar-refractivity contribution >= 4 is 23.4 Å². The van der Waals surface area contributed by atoms with Crippen LogP contribution in [0.4, 0.5) is 4.39 Å². The fraction of sp³-hybridized carbons (Fsp3) is 0.200. The summed E-state index contributed by atoms with van der Waals surface area (Å²) < 4.78 is 22.6. The van der Waals surface area contributed by atoms with Gasteiger partial charge < -0.3 is 14.6 Å². The van der Waals surface area contributed by atoms with Gasteiger partial charge in [0.1, 0.15) is 5.75 Å². The molecule has 0 amide bonds. The van der Waals surface area contributed by atoms with Crippen LogP contribution in [-0.2, 0) is 9.53 Å². The average Bonchev–Trinajstić information content (AvgIpc) is 2.28. The maximum absolute atomic E-state index is 13.0. The lowest BCUT2D eigenvalue weighted by Gasteiger charge is -2.06. The molecule has 16 heavy (non-hydrogen) atoms. The van der Waals surface area contributed by atoms with Crippen molar-refractivity contribution in [3.63, 3.8) is 0 Å². The molecule has 0 aliphatic heterocycles. The van der Waals surface area contributed by atoms with Crippen LogP contribution in [0.3, 0.4) is 0 Å². The number of rotatable bonds is 3. The quantitative estimate of drug-likeness (QED) is 0.825. The molecule has 86 valence electrons. The molecule has 0 radical (unpaired) electrons. The van der Waals surface area contributed by atoms with E-state index in [2.05, 4.69) is 17.0 Å². The van der Waals surface area contributed by atoms with E-state index in [0.29, 0.717) is 5.75 Å². The Hall–Kier alpha value is -1.69. The molecule has 0 saturated carbocycles. The zero-order chi connectivity index (χ0) is 12.1. The predicted octanol–water partition coefficient (Wildman–Crippen LogP) is 2.09. The summed E-state index contributed by atoms with van der Waals surface area (Å²) in [6, 6.07) is 5.45. The van der Waals surface area contributed by atoms with E-state index in [1.54, 1.807) is 0 Å². The summed E-state index contributed by atoms with van der Waals surface area (Å²) in [7, 11) is 1.36. The van der Waals surface area contributed by atoms with Gasteiger partial charge in [-0.05, 0) is 17.7 Å². The highest BCUT2D eigenvalue weighted by Gasteiger charge is 2.17. The molecule has 1 atom stereocenters. The van der Waals surface area contributed by atoms with Crippen LogP contribution in [0.15, 0.2) is 24.3 Å². The fourth-order valence-corrected chi connectivity index (χ4v) is 1.08. The second-order valence-corrected chi connectivity index (χ2v) is 3.16. The van der Waals surface area contributed by atoms with Crippen molar-refractivity contribution in [3.8, 4) is 5.75 Å². The first-order valence-electron chi connectivity index (χ1n) is 4.27. The Balaban J connectivity index is 2.75. The van der Waals surface area contributed by atoms with Crippen molar-refractivity contribution in [1.82, 2.24) is 0 Å². The van der Waals surface area contributed by atoms with Gasteiger partial charge in [-0.25, -0.2) is 9.18 Å². The van der Waals surface area contributed by atoms with E-state index >= 15 is 0 Å². The molecule has 1 N–H and O–H groups in total. The van der Waals surface area contributed by atoms with Crippen LogP contribution < -0.4 is 4.74 Å². The molecule has 0 aliphatic rings. The third kappa shape index (κ3) is 3.16. The van der Waals surface area contributed by atoms with E-state index in [4.69, 9.17) is 9.84 Å². The van der Waals surface area contributed by atoms with Crippen molar-refractivity contribution in [1.29, 1.82) is 0 Å². The van der Waals surface area contributed by atoms with Crippen LogP contribution >= 0.6 is 12.2 Å². The zero-order valence-corrected chi connectivity index (χ0v) is 9.16. The third-order valence-corrected chi connectivity index (χ3v) is 2.01. The largest absolute Gasteiger partial charge is 0.479 e. The first-order chi connectivity index (χ1) is 7.54. The normalized spacial score (nSPS) is 11.6. The Kier molecular flexibility index (Phi) is 4.19. The molecule has 1 rings (SSSR count). The van der Waals surface area contributed by atoms with Crippen LogP contribution in [0.25, 0.3) is 0 Å². The Morgan fingerprint density at radius 2 is 2.00 bits per heavy atom. The number of benzene rings is 1. The molecule has 0 heterocycles. The van der Waals surface area contributed by atoms with E-state index in [1.807, 2.05) is 0 Å². The summed E-state index contributed by atoms with van der Waals surface area (Å²) in [5, 5.41) is 8.37. The Morgan fingerprint density at radius 1 is 1.44 bits per heavy atom. The summed E-state index contributed by atoms with van der Waals surface area (Å²) in [5.74, 6) is -1.17. The molecule has 0 aliphatic carbocycles. The maximum atomic E-state index is 13.0. The molecule has 0 fully saturated rings. The van der Waals surface area contributed by atoms with Crippen LogP contribution in [0, 0.1) is 0 Å². The van der Waals surface area contributed by atoms with Crippen molar-refractivity contribution in [3.05, 3.63) is 29.8 Å². The van der Waals surface area contributed by atoms with E-state index in [1.165, 1.54) is 31.4 Å². The lowest BCUT2D eigenvalue weighted by atomic mass is 10.1. The summed E-state index contributed by atoms with van der Waals surface area (Å²) >= 11 is 4.65. The highest BCUT2D eigenvalue weighted by molar-refractivity contribution is 7.79. The van der Waals surface area contributed by atoms with Crippen molar-refractivity contribution in [2.75, 3.05) is 7.11 Å². The lowest BCUT2D eigenvalue weighted by molar-refractivity contribution is -0.143. The molecule has 0 aromatic heterocycles. The molecule has 1 unspecified atom stereocenters. The molecule has 0 bridgehead atoms. The fourth-order valence-electron chi connectivity index (χ4n) is 0.985. The first kappa shape index (κ1) is 12.4. The molecule has 4 nitrogen and oxygen atoms in total. The Bertz CT molecular complexity index is 390. The van der Waals surface area contributed by atoms with Gasteiger partial charge in [-0.15, -0.1) is 0 Å². The third-order valence-electron chi connectivity index (χ3n) is 1.76. The molecular formula is C10H9FO4S.